The van der Waals surface area contributed by atoms with Gasteiger partial charge in [-0.25, -0.2) is 13.2 Å². The summed E-state index contributed by atoms with van der Waals surface area (Å²) in [6.45, 7) is 0. The van der Waals surface area contributed by atoms with Crippen LogP contribution in [0.4, 0.5) is 13.2 Å². The van der Waals surface area contributed by atoms with Gasteiger partial charge in [0.1, 0.15) is 35.0 Å². The van der Waals surface area contributed by atoms with Crippen molar-refractivity contribution < 1.29 is 17.9 Å². The molecule has 4 aromatic rings. The van der Waals surface area contributed by atoms with Gasteiger partial charge in [0.25, 0.3) is 0 Å². The lowest BCUT2D eigenvalue weighted by Crippen LogP contribution is -2.04. The first-order chi connectivity index (χ1) is 15.4. The maximum atomic E-state index is 14.7. The van der Waals surface area contributed by atoms with Gasteiger partial charge in [0.15, 0.2) is 5.69 Å². The fourth-order valence-electron chi connectivity index (χ4n) is 3.29. The quantitative estimate of drug-likeness (QED) is 0.390. The van der Waals surface area contributed by atoms with Crippen molar-refractivity contribution in [1.29, 1.82) is 5.26 Å². The highest BCUT2D eigenvalue weighted by molar-refractivity contribution is 6.33. The first kappa shape index (κ1) is 21.3. The number of hydrogen-bond donors (Lipinski definition) is 0. The summed E-state index contributed by atoms with van der Waals surface area (Å²) in [7, 11) is 1.36. The summed E-state index contributed by atoms with van der Waals surface area (Å²) in [5.74, 6) is -1.76. The number of rotatable bonds is 4. The molecule has 0 saturated carbocycles. The van der Waals surface area contributed by atoms with E-state index in [1.54, 1.807) is 6.07 Å². The lowest BCUT2D eigenvalue weighted by molar-refractivity contribution is 0.411. The number of halogens is 4. The zero-order chi connectivity index (χ0) is 22.8. The summed E-state index contributed by atoms with van der Waals surface area (Å²) in [6, 6.07) is 12.5. The average molecular weight is 453 g/mol. The third-order valence-electron chi connectivity index (χ3n) is 4.65. The Bertz CT molecular complexity index is 1390. The molecule has 9 heteroatoms. The van der Waals surface area contributed by atoms with E-state index >= 15 is 0 Å². The molecule has 0 radical (unpaired) electrons. The van der Waals surface area contributed by atoms with Crippen LogP contribution in [0.25, 0.3) is 33.6 Å². The zero-order valence-electron chi connectivity index (χ0n) is 16.4. The van der Waals surface area contributed by atoms with Gasteiger partial charge in [-0.15, -0.1) is 10.2 Å². The first-order valence-electron chi connectivity index (χ1n) is 9.15. The highest BCUT2D eigenvalue weighted by Gasteiger charge is 2.25. The van der Waals surface area contributed by atoms with Crippen molar-refractivity contribution in [2.24, 2.45) is 0 Å². The smallest absolute Gasteiger partial charge is 0.173 e. The van der Waals surface area contributed by atoms with Gasteiger partial charge in [-0.05, 0) is 35.9 Å². The second-order valence-corrected chi connectivity index (χ2v) is 7.01. The Morgan fingerprint density at radius 2 is 1.72 bits per heavy atom. The summed E-state index contributed by atoms with van der Waals surface area (Å²) in [4.78, 5) is 4.02. The van der Waals surface area contributed by atoms with E-state index in [0.717, 1.165) is 18.3 Å². The molecule has 0 unspecified atom stereocenters. The van der Waals surface area contributed by atoms with Crippen LogP contribution in [-0.2, 0) is 0 Å². The maximum Gasteiger partial charge on any atom is 0.173 e. The second-order valence-electron chi connectivity index (χ2n) is 6.60. The Hall–Kier alpha value is -3.96. The molecule has 0 bridgehead atoms. The van der Waals surface area contributed by atoms with Crippen molar-refractivity contribution in [3.05, 3.63) is 82.9 Å². The molecule has 2 aromatic carbocycles. The zero-order valence-corrected chi connectivity index (χ0v) is 17.2. The van der Waals surface area contributed by atoms with E-state index in [4.69, 9.17) is 16.3 Å². The van der Waals surface area contributed by atoms with Crippen LogP contribution in [0.3, 0.4) is 0 Å². The van der Waals surface area contributed by atoms with Gasteiger partial charge in [-0.2, -0.15) is 5.26 Å². The molecule has 0 fully saturated rings. The molecule has 0 aliphatic rings. The number of aromatic nitrogens is 3. The first-order valence-corrected chi connectivity index (χ1v) is 9.52. The second kappa shape index (κ2) is 8.65. The van der Waals surface area contributed by atoms with Crippen LogP contribution in [0.2, 0.25) is 5.02 Å². The van der Waals surface area contributed by atoms with E-state index < -0.39 is 17.5 Å². The van der Waals surface area contributed by atoms with Crippen LogP contribution in [0.1, 0.15) is 5.69 Å². The third kappa shape index (κ3) is 3.86. The predicted molar refractivity (Wildman–Crippen MR) is 112 cm³/mol. The van der Waals surface area contributed by atoms with Crippen LogP contribution in [0.15, 0.2) is 54.7 Å². The highest BCUT2D eigenvalue weighted by atomic mass is 35.5. The van der Waals surface area contributed by atoms with Gasteiger partial charge >= 0.3 is 0 Å². The number of pyridine rings is 1. The maximum absolute atomic E-state index is 14.7. The summed E-state index contributed by atoms with van der Waals surface area (Å²) in [5.41, 5.74) is 0.288. The van der Waals surface area contributed by atoms with Crippen molar-refractivity contribution in [2.45, 2.75) is 0 Å². The average Bonchev–Trinajstić information content (AvgIpc) is 2.78. The number of methoxy groups -OCH3 is 1. The minimum absolute atomic E-state index is 0.00957. The van der Waals surface area contributed by atoms with Crippen molar-refractivity contribution in [2.75, 3.05) is 7.11 Å². The molecular weight excluding hydrogens is 441 g/mol. The van der Waals surface area contributed by atoms with Gasteiger partial charge < -0.3 is 4.74 Å². The van der Waals surface area contributed by atoms with Gasteiger partial charge in [-0.3, -0.25) is 4.98 Å². The Labute approximate surface area is 185 Å². The van der Waals surface area contributed by atoms with Crippen molar-refractivity contribution in [3.8, 4) is 45.5 Å². The molecular formula is C23H12ClF3N4O. The van der Waals surface area contributed by atoms with E-state index in [1.807, 2.05) is 6.07 Å². The number of nitrogens with zero attached hydrogens (tertiary/aromatic N) is 4. The number of nitriles is 1. The molecule has 5 nitrogen and oxygen atoms in total. The van der Waals surface area contributed by atoms with Crippen molar-refractivity contribution in [3.63, 3.8) is 0 Å². The summed E-state index contributed by atoms with van der Waals surface area (Å²) in [6.07, 6.45) is 0.918. The predicted octanol–water partition coefficient (Wildman–Crippen LogP) is 5.82. The monoisotopic (exact) mass is 452 g/mol. The van der Waals surface area contributed by atoms with E-state index in [-0.39, 0.29) is 50.1 Å². The number of hydrogen-bond acceptors (Lipinski definition) is 5. The van der Waals surface area contributed by atoms with E-state index in [0.29, 0.717) is 0 Å². The molecule has 0 atom stereocenters. The summed E-state index contributed by atoms with van der Waals surface area (Å²) in [5, 5.41) is 17.6. The normalized spacial score (nSPS) is 10.6. The highest BCUT2D eigenvalue weighted by Crippen LogP contribution is 2.43. The Kier molecular flexibility index (Phi) is 5.75. The molecule has 0 saturated heterocycles. The molecule has 0 spiro atoms. The minimum Gasteiger partial charge on any atom is -0.497 e. The molecule has 0 aliphatic carbocycles. The van der Waals surface area contributed by atoms with E-state index in [2.05, 4.69) is 15.2 Å². The largest absolute Gasteiger partial charge is 0.497 e. The Morgan fingerprint density at radius 1 is 0.938 bits per heavy atom. The van der Waals surface area contributed by atoms with Crippen molar-refractivity contribution in [1.82, 2.24) is 15.2 Å². The Morgan fingerprint density at radius 3 is 2.41 bits per heavy atom. The summed E-state index contributed by atoms with van der Waals surface area (Å²) >= 11 is 6.24. The van der Waals surface area contributed by atoms with Crippen LogP contribution in [0, 0.1) is 28.8 Å². The van der Waals surface area contributed by atoms with E-state index in [9.17, 15) is 18.4 Å². The molecule has 0 amide bonds. The SMILES string of the molecule is COc1cc(F)cc(-c2c(-c3ccccc3F)nnc(C#N)c2-c2ncc(F)cc2Cl)c1. The van der Waals surface area contributed by atoms with Crippen LogP contribution >= 0.6 is 11.6 Å². The molecule has 4 rings (SSSR count). The number of benzene rings is 2. The molecule has 158 valence electrons. The van der Waals surface area contributed by atoms with Crippen LogP contribution < -0.4 is 4.74 Å². The molecule has 2 heterocycles. The molecule has 32 heavy (non-hydrogen) atoms. The van der Waals surface area contributed by atoms with Gasteiger partial charge in [0, 0.05) is 17.2 Å². The van der Waals surface area contributed by atoms with Crippen LogP contribution in [0.5, 0.6) is 5.75 Å². The molecule has 2 aromatic heterocycles. The fraction of sp³-hybridized carbons (Fsp3) is 0.0435. The van der Waals surface area contributed by atoms with Gasteiger partial charge in [0.2, 0.25) is 0 Å². The number of ether oxygens (including phenoxy) is 1. The minimum atomic E-state index is -0.692. The van der Waals surface area contributed by atoms with Crippen molar-refractivity contribution >= 4 is 11.6 Å². The standard InChI is InChI=1S/C23H12ClF3N4O/c1-32-15-7-12(6-13(25)8-15)20-21(23-17(24)9-14(26)11-29-23)19(10-28)30-31-22(20)16-4-2-3-5-18(16)27/h2-9,11H,1H3. The summed E-state index contributed by atoms with van der Waals surface area (Å²) < 4.78 is 48.0. The van der Waals surface area contributed by atoms with Crippen LogP contribution in [-0.4, -0.2) is 22.3 Å². The Balaban J connectivity index is 2.18. The lowest BCUT2D eigenvalue weighted by Gasteiger charge is -2.17. The van der Waals surface area contributed by atoms with Gasteiger partial charge in [0.05, 0.1) is 29.6 Å². The van der Waals surface area contributed by atoms with Gasteiger partial charge in [-0.1, -0.05) is 23.7 Å². The topological polar surface area (TPSA) is 71.7 Å². The van der Waals surface area contributed by atoms with E-state index in [1.165, 1.54) is 37.4 Å². The lowest BCUT2D eigenvalue weighted by atomic mass is 9.91. The molecule has 0 N–H and O–H groups in total. The third-order valence-corrected chi connectivity index (χ3v) is 4.94. The fourth-order valence-corrected chi connectivity index (χ4v) is 3.54. The molecule has 0 aliphatic heterocycles.